The van der Waals surface area contributed by atoms with Crippen LogP contribution in [-0.4, -0.2) is 25.0 Å². The number of esters is 1. The number of amides is 1. The Balaban J connectivity index is 2.25. The van der Waals surface area contributed by atoms with Gasteiger partial charge in [-0.3, -0.25) is 9.59 Å². The smallest absolute Gasteiger partial charge is 0.305 e. The molecular weight excluding hydrogens is 278 g/mol. The second kappa shape index (κ2) is 9.98. The van der Waals surface area contributed by atoms with E-state index in [-0.39, 0.29) is 11.9 Å². The van der Waals surface area contributed by atoms with E-state index in [1.165, 1.54) is 5.56 Å². The molecule has 0 radical (unpaired) electrons. The molecule has 4 nitrogen and oxygen atoms in total. The predicted molar refractivity (Wildman–Crippen MR) is 87.6 cm³/mol. The minimum Gasteiger partial charge on any atom is -0.466 e. The van der Waals surface area contributed by atoms with Crippen LogP contribution in [0.15, 0.2) is 24.3 Å². The maximum Gasteiger partial charge on any atom is 0.305 e. The first-order valence-electron chi connectivity index (χ1n) is 8.01. The molecule has 0 atom stereocenters. The summed E-state index contributed by atoms with van der Waals surface area (Å²) >= 11 is 0. The van der Waals surface area contributed by atoms with E-state index >= 15 is 0 Å². The molecule has 0 unspecified atom stereocenters. The van der Waals surface area contributed by atoms with Crippen molar-refractivity contribution >= 4 is 11.9 Å². The van der Waals surface area contributed by atoms with Gasteiger partial charge < -0.3 is 10.1 Å². The number of nitrogens with one attached hydrogen (secondary N) is 1. The average molecular weight is 305 g/mol. The van der Waals surface area contributed by atoms with Gasteiger partial charge in [-0.1, -0.05) is 38.1 Å². The third-order valence-corrected chi connectivity index (χ3v) is 3.22. The summed E-state index contributed by atoms with van der Waals surface area (Å²) < 4.78 is 4.83. The quantitative estimate of drug-likeness (QED) is 0.564. The van der Waals surface area contributed by atoms with Crippen molar-refractivity contribution in [2.45, 2.75) is 46.5 Å². The van der Waals surface area contributed by atoms with Crippen molar-refractivity contribution in [3.05, 3.63) is 35.4 Å². The molecule has 0 heterocycles. The molecule has 1 rings (SSSR count). The summed E-state index contributed by atoms with van der Waals surface area (Å²) in [7, 11) is 0. The standard InChI is InChI=1S/C18H27NO3/c1-4-22-18(21)6-5-11-19-17(20)13-16-9-7-15(8-10-16)12-14(2)3/h7-10,14H,4-6,11-13H2,1-3H3,(H,19,20). The van der Waals surface area contributed by atoms with Gasteiger partial charge in [0, 0.05) is 13.0 Å². The largest absolute Gasteiger partial charge is 0.466 e. The molecule has 0 aromatic heterocycles. The van der Waals surface area contributed by atoms with Crippen LogP contribution in [0, 0.1) is 5.92 Å². The van der Waals surface area contributed by atoms with Crippen LogP contribution in [0.25, 0.3) is 0 Å². The Morgan fingerprint density at radius 1 is 1.14 bits per heavy atom. The Morgan fingerprint density at radius 2 is 1.77 bits per heavy atom. The highest BCUT2D eigenvalue weighted by atomic mass is 16.5. The minimum atomic E-state index is -0.211. The van der Waals surface area contributed by atoms with Gasteiger partial charge in [0.1, 0.15) is 0 Å². The maximum atomic E-state index is 11.8. The van der Waals surface area contributed by atoms with Gasteiger partial charge in [0.05, 0.1) is 13.0 Å². The molecule has 0 aliphatic heterocycles. The van der Waals surface area contributed by atoms with Crippen LogP contribution in [0.4, 0.5) is 0 Å². The number of hydrogen-bond donors (Lipinski definition) is 1. The summed E-state index contributed by atoms with van der Waals surface area (Å²) in [5, 5.41) is 2.83. The number of benzene rings is 1. The third-order valence-electron chi connectivity index (χ3n) is 3.22. The normalized spacial score (nSPS) is 10.5. The zero-order chi connectivity index (χ0) is 16.4. The van der Waals surface area contributed by atoms with Crippen LogP contribution in [0.5, 0.6) is 0 Å². The van der Waals surface area contributed by atoms with Gasteiger partial charge in [-0.25, -0.2) is 0 Å². The van der Waals surface area contributed by atoms with Crippen LogP contribution >= 0.6 is 0 Å². The predicted octanol–water partition coefficient (Wildman–Crippen LogP) is 2.89. The Labute approximate surface area is 133 Å². The molecule has 0 fully saturated rings. The summed E-state index contributed by atoms with van der Waals surface area (Å²) in [5.41, 5.74) is 2.31. The number of hydrogen-bond acceptors (Lipinski definition) is 3. The summed E-state index contributed by atoms with van der Waals surface area (Å²) in [6, 6.07) is 8.19. The van der Waals surface area contributed by atoms with Crippen molar-refractivity contribution < 1.29 is 14.3 Å². The fraction of sp³-hybridized carbons (Fsp3) is 0.556. The summed E-state index contributed by atoms with van der Waals surface area (Å²) in [5.74, 6) is 0.409. The highest BCUT2D eigenvalue weighted by Gasteiger charge is 2.05. The van der Waals surface area contributed by atoms with Gasteiger partial charge in [-0.2, -0.15) is 0 Å². The van der Waals surface area contributed by atoms with E-state index in [2.05, 4.69) is 31.3 Å². The molecule has 4 heteroatoms. The molecule has 0 saturated heterocycles. The first-order chi connectivity index (χ1) is 10.5. The Kier molecular flexibility index (Phi) is 8.26. The maximum absolute atomic E-state index is 11.8. The van der Waals surface area contributed by atoms with Crippen molar-refractivity contribution in [1.82, 2.24) is 5.32 Å². The fourth-order valence-corrected chi connectivity index (χ4v) is 2.21. The molecule has 0 aliphatic carbocycles. The zero-order valence-electron chi connectivity index (χ0n) is 13.9. The molecule has 0 saturated carbocycles. The highest BCUT2D eigenvalue weighted by Crippen LogP contribution is 2.10. The van der Waals surface area contributed by atoms with E-state index in [9.17, 15) is 9.59 Å². The first kappa shape index (κ1) is 18.2. The first-order valence-corrected chi connectivity index (χ1v) is 8.01. The van der Waals surface area contributed by atoms with Crippen LogP contribution in [-0.2, 0) is 27.2 Å². The van der Waals surface area contributed by atoms with Crippen LogP contribution < -0.4 is 5.32 Å². The third kappa shape index (κ3) is 7.81. The van der Waals surface area contributed by atoms with Gasteiger partial charge in [-0.05, 0) is 36.8 Å². The monoisotopic (exact) mass is 305 g/mol. The molecule has 122 valence electrons. The van der Waals surface area contributed by atoms with Crippen molar-refractivity contribution in [3.8, 4) is 0 Å². The minimum absolute atomic E-state index is 0.0135. The lowest BCUT2D eigenvalue weighted by atomic mass is 10.0. The molecule has 0 bridgehead atoms. The number of rotatable bonds is 9. The topological polar surface area (TPSA) is 55.4 Å². The summed E-state index contributed by atoms with van der Waals surface area (Å²) in [6.45, 7) is 7.07. The highest BCUT2D eigenvalue weighted by molar-refractivity contribution is 5.78. The molecule has 22 heavy (non-hydrogen) atoms. The van der Waals surface area contributed by atoms with E-state index in [1.807, 2.05) is 12.1 Å². The molecule has 1 N–H and O–H groups in total. The average Bonchev–Trinajstić information content (AvgIpc) is 2.45. The van der Waals surface area contributed by atoms with Gasteiger partial charge in [-0.15, -0.1) is 0 Å². The van der Waals surface area contributed by atoms with Crippen molar-refractivity contribution in [2.75, 3.05) is 13.2 Å². The zero-order valence-corrected chi connectivity index (χ0v) is 13.9. The van der Waals surface area contributed by atoms with Crippen molar-refractivity contribution in [2.24, 2.45) is 5.92 Å². The van der Waals surface area contributed by atoms with E-state index in [0.29, 0.717) is 38.3 Å². The Bertz CT molecular complexity index is 466. The molecular formula is C18H27NO3. The lowest BCUT2D eigenvalue weighted by Gasteiger charge is -2.07. The van der Waals surface area contributed by atoms with Gasteiger partial charge >= 0.3 is 5.97 Å². The number of carbonyl (C=O) groups excluding carboxylic acids is 2. The lowest BCUT2D eigenvalue weighted by molar-refractivity contribution is -0.143. The summed E-state index contributed by atoms with van der Waals surface area (Å²) in [4.78, 5) is 23.0. The Hall–Kier alpha value is -1.84. The number of ether oxygens (including phenoxy) is 1. The fourth-order valence-electron chi connectivity index (χ4n) is 2.21. The lowest BCUT2D eigenvalue weighted by Crippen LogP contribution is -2.26. The van der Waals surface area contributed by atoms with Gasteiger partial charge in [0.15, 0.2) is 0 Å². The second-order valence-corrected chi connectivity index (χ2v) is 5.85. The SMILES string of the molecule is CCOC(=O)CCCNC(=O)Cc1ccc(CC(C)C)cc1. The Morgan fingerprint density at radius 3 is 2.36 bits per heavy atom. The molecule has 1 amide bonds. The van der Waals surface area contributed by atoms with E-state index in [4.69, 9.17) is 4.74 Å². The molecule has 1 aromatic rings. The van der Waals surface area contributed by atoms with Crippen LogP contribution in [0.3, 0.4) is 0 Å². The van der Waals surface area contributed by atoms with E-state index in [0.717, 1.165) is 12.0 Å². The molecule has 1 aromatic carbocycles. The van der Waals surface area contributed by atoms with Crippen molar-refractivity contribution in [3.63, 3.8) is 0 Å². The molecule has 0 spiro atoms. The van der Waals surface area contributed by atoms with E-state index in [1.54, 1.807) is 6.92 Å². The van der Waals surface area contributed by atoms with Crippen LogP contribution in [0.2, 0.25) is 0 Å². The second-order valence-electron chi connectivity index (χ2n) is 5.85. The van der Waals surface area contributed by atoms with Gasteiger partial charge in [0.25, 0.3) is 0 Å². The van der Waals surface area contributed by atoms with Crippen molar-refractivity contribution in [1.29, 1.82) is 0 Å². The van der Waals surface area contributed by atoms with Gasteiger partial charge in [0.2, 0.25) is 5.91 Å². The molecule has 0 aliphatic rings. The van der Waals surface area contributed by atoms with Crippen LogP contribution in [0.1, 0.15) is 44.7 Å². The van der Waals surface area contributed by atoms with E-state index < -0.39 is 0 Å². The number of carbonyl (C=O) groups is 2. The summed E-state index contributed by atoms with van der Waals surface area (Å²) in [6.07, 6.45) is 2.39.